The number of nitrogens with zero attached hydrogens (tertiary/aromatic N) is 7. The third-order valence-electron chi connectivity index (χ3n) is 8.73. The number of benzene rings is 1. The van der Waals surface area contributed by atoms with Crippen molar-refractivity contribution in [3.63, 3.8) is 0 Å². The molecule has 11 nitrogen and oxygen atoms in total. The van der Waals surface area contributed by atoms with E-state index in [0.717, 1.165) is 42.4 Å². The summed E-state index contributed by atoms with van der Waals surface area (Å²) in [6, 6.07) is 7.84. The minimum atomic E-state index is -0.672. The van der Waals surface area contributed by atoms with Crippen molar-refractivity contribution >= 4 is 11.9 Å². The molecule has 6 heterocycles. The molecule has 3 fully saturated rings. The Labute approximate surface area is 213 Å². The van der Waals surface area contributed by atoms with Crippen molar-refractivity contribution in [3.8, 4) is 5.82 Å². The van der Waals surface area contributed by atoms with Crippen LogP contribution in [0.2, 0.25) is 0 Å². The Morgan fingerprint density at radius 1 is 1.11 bits per heavy atom. The molecule has 4 aliphatic heterocycles. The first kappa shape index (κ1) is 22.5. The van der Waals surface area contributed by atoms with Gasteiger partial charge in [-0.15, -0.1) is 5.10 Å². The lowest BCUT2D eigenvalue weighted by Crippen LogP contribution is -2.62. The van der Waals surface area contributed by atoms with Gasteiger partial charge in [-0.05, 0) is 72.4 Å². The monoisotopic (exact) mass is 501 g/mol. The molecule has 3 aromatic rings. The van der Waals surface area contributed by atoms with Gasteiger partial charge in [0.25, 0.3) is 5.91 Å². The summed E-state index contributed by atoms with van der Waals surface area (Å²) < 4.78 is 6.64. The molecule has 3 saturated heterocycles. The molecule has 37 heavy (non-hydrogen) atoms. The highest BCUT2D eigenvalue weighted by Gasteiger charge is 2.56. The second kappa shape index (κ2) is 8.42. The summed E-state index contributed by atoms with van der Waals surface area (Å²) >= 11 is 0. The fourth-order valence-corrected chi connectivity index (χ4v) is 7.03. The first-order valence-electron chi connectivity index (χ1n) is 12.8. The Hall–Kier alpha value is -3.70. The molecule has 0 spiro atoms. The summed E-state index contributed by atoms with van der Waals surface area (Å²) in [5, 5.41) is 22.4. The summed E-state index contributed by atoms with van der Waals surface area (Å²) in [4.78, 5) is 34.5. The van der Waals surface area contributed by atoms with Gasteiger partial charge < -0.3 is 14.7 Å². The molecule has 2 aromatic heterocycles. The minimum Gasteiger partial charge on any atom is -0.457 e. The van der Waals surface area contributed by atoms with Crippen molar-refractivity contribution in [1.82, 2.24) is 35.0 Å². The average Bonchev–Trinajstić information content (AvgIpc) is 3.68. The van der Waals surface area contributed by atoms with Crippen LogP contribution in [0.4, 0.5) is 0 Å². The van der Waals surface area contributed by atoms with E-state index in [2.05, 4.69) is 30.3 Å². The van der Waals surface area contributed by atoms with Gasteiger partial charge in [0.05, 0.1) is 17.2 Å². The number of carbonyl (C=O) groups excluding carboxylic acids is 2. The Bertz CT molecular complexity index is 1360. The number of aliphatic hydroxyl groups is 1. The fraction of sp³-hybridized carbons (Fsp3) is 0.462. The van der Waals surface area contributed by atoms with Gasteiger partial charge in [-0.3, -0.25) is 9.69 Å². The number of esters is 1. The smallest absolute Gasteiger partial charge is 0.338 e. The van der Waals surface area contributed by atoms with Gasteiger partial charge in [-0.2, -0.15) is 4.68 Å². The van der Waals surface area contributed by atoms with Crippen molar-refractivity contribution in [2.45, 2.75) is 69.5 Å². The summed E-state index contributed by atoms with van der Waals surface area (Å²) in [7, 11) is 0. The maximum Gasteiger partial charge on any atom is 0.338 e. The second-order valence-corrected chi connectivity index (χ2v) is 10.4. The van der Waals surface area contributed by atoms with E-state index < -0.39 is 6.10 Å². The highest BCUT2D eigenvalue weighted by molar-refractivity contribution is 5.95. The number of cyclic esters (lactones) is 1. The van der Waals surface area contributed by atoms with Crippen LogP contribution in [0.3, 0.4) is 0 Å². The normalized spacial score (nSPS) is 26.9. The van der Waals surface area contributed by atoms with Crippen molar-refractivity contribution in [2.75, 3.05) is 6.54 Å². The van der Waals surface area contributed by atoms with E-state index in [1.54, 1.807) is 24.4 Å². The summed E-state index contributed by atoms with van der Waals surface area (Å²) in [5.74, 6) is 0.274. The lowest BCUT2D eigenvalue weighted by Gasteiger charge is -2.47. The Morgan fingerprint density at radius 2 is 1.86 bits per heavy atom. The standard InChI is InChI=1S/C26H27N7O4/c1-14-16(3-4-17-18(14)12-37-26(17)36)23(34)11-31-19-5-6-20(31)22-8-7-21(19)33(22)25(35)15-2-9-24(27-10-15)32-13-28-29-30-32/h2-4,9-10,13,19-23,34H,5-8,11-12H2,1H3/t19?,20?,21?,22?,23-/m0/s1. The number of piperazine rings is 1. The maximum atomic E-state index is 13.6. The lowest BCUT2D eigenvalue weighted by atomic mass is 9.94. The Morgan fingerprint density at radius 3 is 2.54 bits per heavy atom. The summed E-state index contributed by atoms with van der Waals surface area (Å²) in [6.45, 7) is 2.73. The summed E-state index contributed by atoms with van der Waals surface area (Å²) in [6.07, 6.45) is 6.37. The molecule has 4 unspecified atom stereocenters. The van der Waals surface area contributed by atoms with Crippen LogP contribution in [-0.2, 0) is 11.3 Å². The third kappa shape index (κ3) is 3.41. The second-order valence-electron chi connectivity index (χ2n) is 10.4. The van der Waals surface area contributed by atoms with E-state index in [-0.39, 0.29) is 42.7 Å². The Kier molecular flexibility index (Phi) is 5.12. The van der Waals surface area contributed by atoms with Crippen LogP contribution < -0.4 is 0 Å². The number of hydrogen-bond acceptors (Lipinski definition) is 9. The van der Waals surface area contributed by atoms with Gasteiger partial charge >= 0.3 is 5.97 Å². The quantitative estimate of drug-likeness (QED) is 0.519. The molecular formula is C26H27N7O4. The molecule has 0 radical (unpaired) electrons. The first-order valence-corrected chi connectivity index (χ1v) is 12.8. The van der Waals surface area contributed by atoms with E-state index in [4.69, 9.17) is 4.74 Å². The number of aromatic nitrogens is 5. The zero-order valence-corrected chi connectivity index (χ0v) is 20.4. The summed E-state index contributed by atoms with van der Waals surface area (Å²) in [5.41, 5.74) is 3.81. The number of fused-ring (bicyclic) bond motifs is 7. The van der Waals surface area contributed by atoms with Crippen molar-refractivity contribution in [1.29, 1.82) is 0 Å². The van der Waals surface area contributed by atoms with Crippen LogP contribution >= 0.6 is 0 Å². The molecule has 5 atom stereocenters. The van der Waals surface area contributed by atoms with E-state index in [9.17, 15) is 14.7 Å². The van der Waals surface area contributed by atoms with Crippen molar-refractivity contribution in [3.05, 3.63) is 64.6 Å². The minimum absolute atomic E-state index is 0.0134. The molecule has 7 rings (SSSR count). The molecule has 1 aromatic carbocycles. The number of hydrogen-bond donors (Lipinski definition) is 1. The number of amides is 1. The van der Waals surface area contributed by atoms with Gasteiger partial charge in [0.15, 0.2) is 5.82 Å². The molecule has 0 aliphatic carbocycles. The van der Waals surface area contributed by atoms with Gasteiger partial charge in [0.1, 0.15) is 12.9 Å². The molecule has 0 saturated carbocycles. The van der Waals surface area contributed by atoms with Crippen LogP contribution in [0.25, 0.3) is 5.82 Å². The van der Waals surface area contributed by atoms with Crippen LogP contribution in [0, 0.1) is 6.92 Å². The molecule has 1 N–H and O–H groups in total. The highest BCUT2D eigenvalue weighted by atomic mass is 16.5. The number of carbonyl (C=O) groups is 2. The van der Waals surface area contributed by atoms with Gasteiger partial charge in [0.2, 0.25) is 0 Å². The number of rotatable bonds is 5. The maximum absolute atomic E-state index is 13.6. The van der Waals surface area contributed by atoms with Gasteiger partial charge in [-0.25, -0.2) is 9.78 Å². The van der Waals surface area contributed by atoms with E-state index in [1.807, 2.05) is 13.0 Å². The molecule has 190 valence electrons. The molecule has 11 heteroatoms. The zero-order chi connectivity index (χ0) is 25.3. The van der Waals surface area contributed by atoms with Crippen molar-refractivity contribution in [2.24, 2.45) is 0 Å². The van der Waals surface area contributed by atoms with Gasteiger partial charge in [-0.1, -0.05) is 6.07 Å². The molecule has 4 aliphatic rings. The number of ether oxygens (including phenoxy) is 1. The predicted molar refractivity (Wildman–Crippen MR) is 129 cm³/mol. The van der Waals surface area contributed by atoms with Crippen LogP contribution in [0.1, 0.15) is 69.2 Å². The van der Waals surface area contributed by atoms with Crippen molar-refractivity contribution < 1.29 is 19.4 Å². The third-order valence-corrected chi connectivity index (χ3v) is 8.73. The SMILES string of the molecule is Cc1c([C@@H](O)CN2C3CCC2C2CCC3N2C(=O)c2ccc(-n3cnnn3)nc2)ccc2c1COC2=O. The van der Waals surface area contributed by atoms with Crippen LogP contribution in [-0.4, -0.2) is 82.7 Å². The Balaban J connectivity index is 1.10. The van der Waals surface area contributed by atoms with E-state index in [1.165, 1.54) is 11.0 Å². The topological polar surface area (TPSA) is 127 Å². The highest BCUT2D eigenvalue weighted by Crippen LogP contribution is 2.47. The van der Waals surface area contributed by atoms with Crippen LogP contribution in [0.5, 0.6) is 0 Å². The van der Waals surface area contributed by atoms with E-state index >= 15 is 0 Å². The zero-order valence-electron chi connectivity index (χ0n) is 20.4. The molecular weight excluding hydrogens is 474 g/mol. The number of pyridine rings is 1. The van der Waals surface area contributed by atoms with Crippen LogP contribution in [0.15, 0.2) is 36.8 Å². The average molecular weight is 502 g/mol. The van der Waals surface area contributed by atoms with E-state index in [0.29, 0.717) is 23.5 Å². The first-order chi connectivity index (χ1) is 18.0. The molecule has 1 amide bonds. The fourth-order valence-electron chi connectivity index (χ4n) is 7.03. The van der Waals surface area contributed by atoms with Gasteiger partial charge in [0, 0.05) is 42.5 Å². The lowest BCUT2D eigenvalue weighted by molar-refractivity contribution is -0.00956. The largest absolute Gasteiger partial charge is 0.457 e. The predicted octanol–water partition coefficient (Wildman–Crippen LogP) is 1.59. The number of aliphatic hydroxyl groups excluding tert-OH is 1. The number of tetrazole rings is 1. The molecule has 4 bridgehead atoms.